The second kappa shape index (κ2) is 5.64. The molecule has 20 heavy (non-hydrogen) atoms. The average Bonchev–Trinajstić information content (AvgIpc) is 2.37. The molecule has 0 atom stereocenters. The molecule has 0 bridgehead atoms. The summed E-state index contributed by atoms with van der Waals surface area (Å²) in [6, 6.07) is 10.3. The number of hydrogen-bond acceptors (Lipinski definition) is 2. The maximum absolute atomic E-state index is 12.5. The molecule has 0 aliphatic rings. The summed E-state index contributed by atoms with van der Waals surface area (Å²) in [5, 5.41) is 0.565. The summed E-state index contributed by atoms with van der Waals surface area (Å²) in [6.45, 7) is 3.35. The van der Waals surface area contributed by atoms with Crippen LogP contribution in [0.15, 0.2) is 41.3 Å². The van der Waals surface area contributed by atoms with Gasteiger partial charge in [0.1, 0.15) is 4.90 Å². The predicted molar refractivity (Wildman–Crippen MR) is 83.2 cm³/mol. The Kier molecular flexibility index (Phi) is 4.28. The van der Waals surface area contributed by atoms with E-state index in [0.717, 1.165) is 0 Å². The van der Waals surface area contributed by atoms with Crippen LogP contribution in [-0.2, 0) is 10.0 Å². The molecular formula is C14H13Cl2NO2S. The van der Waals surface area contributed by atoms with Crippen LogP contribution >= 0.6 is 23.2 Å². The van der Waals surface area contributed by atoms with Crippen LogP contribution in [0.3, 0.4) is 0 Å². The van der Waals surface area contributed by atoms with Gasteiger partial charge in [-0.3, -0.25) is 4.72 Å². The van der Waals surface area contributed by atoms with Crippen molar-refractivity contribution in [2.45, 2.75) is 18.7 Å². The van der Waals surface area contributed by atoms with Gasteiger partial charge in [0.15, 0.2) is 0 Å². The molecule has 0 heterocycles. The monoisotopic (exact) mass is 329 g/mol. The molecule has 0 fully saturated rings. The van der Waals surface area contributed by atoms with Crippen LogP contribution in [-0.4, -0.2) is 8.42 Å². The number of para-hydroxylation sites is 1. The lowest BCUT2D eigenvalue weighted by molar-refractivity contribution is 0.600. The van der Waals surface area contributed by atoms with Crippen LogP contribution < -0.4 is 4.72 Å². The Bertz CT molecular complexity index is 717. The largest absolute Gasteiger partial charge is 0.280 e. The van der Waals surface area contributed by atoms with E-state index >= 15 is 0 Å². The lowest BCUT2D eigenvalue weighted by atomic mass is 10.2. The van der Waals surface area contributed by atoms with E-state index in [1.165, 1.54) is 0 Å². The first kappa shape index (κ1) is 15.2. The summed E-state index contributed by atoms with van der Waals surface area (Å²) in [4.78, 5) is 0.0213. The molecule has 0 aliphatic heterocycles. The van der Waals surface area contributed by atoms with Crippen LogP contribution in [0.5, 0.6) is 0 Å². The molecule has 3 nitrogen and oxygen atoms in total. The van der Waals surface area contributed by atoms with Crippen molar-refractivity contribution in [3.8, 4) is 0 Å². The van der Waals surface area contributed by atoms with E-state index in [-0.39, 0.29) is 9.92 Å². The Morgan fingerprint density at radius 1 is 1.05 bits per heavy atom. The van der Waals surface area contributed by atoms with Crippen molar-refractivity contribution in [3.63, 3.8) is 0 Å². The van der Waals surface area contributed by atoms with Crippen LogP contribution in [0.2, 0.25) is 10.0 Å². The van der Waals surface area contributed by atoms with Crippen LogP contribution in [0.4, 0.5) is 5.69 Å². The maximum Gasteiger partial charge on any atom is 0.263 e. The summed E-state index contributed by atoms with van der Waals surface area (Å²) in [6.07, 6.45) is 0. The Hall–Kier alpha value is -1.23. The van der Waals surface area contributed by atoms with Crippen molar-refractivity contribution in [2.75, 3.05) is 4.72 Å². The molecule has 0 aliphatic carbocycles. The summed E-state index contributed by atoms with van der Waals surface area (Å²) in [7, 11) is -3.79. The fourth-order valence-corrected chi connectivity index (χ4v) is 4.12. The van der Waals surface area contributed by atoms with E-state index < -0.39 is 10.0 Å². The second-order valence-electron chi connectivity index (χ2n) is 4.41. The number of halogens is 2. The van der Waals surface area contributed by atoms with Crippen LogP contribution in [0.25, 0.3) is 0 Å². The highest BCUT2D eigenvalue weighted by atomic mass is 35.5. The van der Waals surface area contributed by atoms with Crippen LogP contribution in [0, 0.1) is 13.8 Å². The first-order valence-electron chi connectivity index (χ1n) is 5.86. The fourth-order valence-electron chi connectivity index (χ4n) is 1.85. The van der Waals surface area contributed by atoms with Gasteiger partial charge in [-0.05, 0) is 43.2 Å². The zero-order valence-electron chi connectivity index (χ0n) is 10.9. The second-order valence-corrected chi connectivity index (χ2v) is 6.82. The number of anilines is 1. The third-order valence-electron chi connectivity index (χ3n) is 2.88. The highest BCUT2D eigenvalue weighted by Gasteiger charge is 2.23. The van der Waals surface area contributed by atoms with Gasteiger partial charge in [-0.15, -0.1) is 0 Å². The molecule has 2 aromatic carbocycles. The van der Waals surface area contributed by atoms with Crippen molar-refractivity contribution in [1.82, 2.24) is 0 Å². The fraction of sp³-hybridized carbons (Fsp3) is 0.143. The summed E-state index contributed by atoms with van der Waals surface area (Å²) < 4.78 is 27.5. The Morgan fingerprint density at radius 2 is 1.65 bits per heavy atom. The quantitative estimate of drug-likeness (QED) is 0.906. The molecule has 0 saturated carbocycles. The van der Waals surface area contributed by atoms with Gasteiger partial charge in [-0.2, -0.15) is 0 Å². The van der Waals surface area contributed by atoms with E-state index in [0.29, 0.717) is 21.8 Å². The minimum atomic E-state index is -3.79. The smallest absolute Gasteiger partial charge is 0.263 e. The van der Waals surface area contributed by atoms with Gasteiger partial charge in [0.05, 0.1) is 5.02 Å². The van der Waals surface area contributed by atoms with Gasteiger partial charge in [0, 0.05) is 10.7 Å². The standard InChI is InChI=1S/C14H13Cl2NO2S/c1-9-8-12(15)10(2)14(13(9)16)20(18,19)17-11-6-4-3-5-7-11/h3-8,17H,1-2H3. The highest BCUT2D eigenvalue weighted by molar-refractivity contribution is 7.93. The molecule has 6 heteroatoms. The molecule has 0 spiro atoms. The SMILES string of the molecule is Cc1cc(Cl)c(C)c(S(=O)(=O)Nc2ccccc2)c1Cl. The molecule has 0 unspecified atom stereocenters. The molecule has 0 radical (unpaired) electrons. The average molecular weight is 330 g/mol. The van der Waals surface area contributed by atoms with Gasteiger partial charge in [0.25, 0.3) is 10.0 Å². The Morgan fingerprint density at radius 3 is 2.25 bits per heavy atom. The third-order valence-corrected chi connectivity index (χ3v) is 5.43. The normalized spacial score (nSPS) is 11.4. The maximum atomic E-state index is 12.5. The minimum absolute atomic E-state index is 0.0213. The molecule has 2 aromatic rings. The molecule has 0 saturated heterocycles. The van der Waals surface area contributed by atoms with Gasteiger partial charge in [0.2, 0.25) is 0 Å². The molecule has 1 N–H and O–H groups in total. The van der Waals surface area contributed by atoms with Crippen LogP contribution in [0.1, 0.15) is 11.1 Å². The first-order chi connectivity index (χ1) is 9.33. The number of sulfonamides is 1. The van der Waals surface area contributed by atoms with E-state index in [2.05, 4.69) is 4.72 Å². The van der Waals surface area contributed by atoms with Gasteiger partial charge >= 0.3 is 0 Å². The molecule has 2 rings (SSSR count). The van der Waals surface area contributed by atoms with Crippen molar-refractivity contribution in [3.05, 3.63) is 57.6 Å². The van der Waals surface area contributed by atoms with E-state index in [4.69, 9.17) is 23.2 Å². The number of hydrogen-bond donors (Lipinski definition) is 1. The number of rotatable bonds is 3. The topological polar surface area (TPSA) is 46.2 Å². The summed E-state index contributed by atoms with van der Waals surface area (Å²) in [5.41, 5.74) is 1.53. The third kappa shape index (κ3) is 2.92. The van der Waals surface area contributed by atoms with E-state index in [1.807, 2.05) is 0 Å². The predicted octanol–water partition coefficient (Wildman–Crippen LogP) is 4.41. The van der Waals surface area contributed by atoms with Gasteiger partial charge in [-0.25, -0.2) is 8.42 Å². The van der Waals surface area contributed by atoms with E-state index in [1.54, 1.807) is 50.2 Å². The molecule has 0 aromatic heterocycles. The van der Waals surface area contributed by atoms with Gasteiger partial charge < -0.3 is 0 Å². The minimum Gasteiger partial charge on any atom is -0.280 e. The Balaban J connectivity index is 2.56. The van der Waals surface area contributed by atoms with Crippen molar-refractivity contribution >= 4 is 38.9 Å². The lowest BCUT2D eigenvalue weighted by Crippen LogP contribution is -2.15. The lowest BCUT2D eigenvalue weighted by Gasteiger charge is -2.14. The Labute approximate surface area is 128 Å². The molecule has 106 valence electrons. The summed E-state index contributed by atoms with van der Waals surface area (Å²) >= 11 is 12.2. The number of aryl methyl sites for hydroxylation is 1. The van der Waals surface area contributed by atoms with Crippen molar-refractivity contribution in [2.24, 2.45) is 0 Å². The van der Waals surface area contributed by atoms with Crippen molar-refractivity contribution < 1.29 is 8.42 Å². The number of benzene rings is 2. The van der Waals surface area contributed by atoms with E-state index in [9.17, 15) is 8.42 Å². The first-order valence-corrected chi connectivity index (χ1v) is 8.10. The zero-order chi connectivity index (χ0) is 14.9. The highest BCUT2D eigenvalue weighted by Crippen LogP contribution is 2.34. The molecular weight excluding hydrogens is 317 g/mol. The van der Waals surface area contributed by atoms with Gasteiger partial charge in [-0.1, -0.05) is 41.4 Å². The van der Waals surface area contributed by atoms with Crippen molar-refractivity contribution in [1.29, 1.82) is 0 Å². The molecule has 0 amide bonds. The number of nitrogens with one attached hydrogen (secondary N) is 1. The summed E-state index contributed by atoms with van der Waals surface area (Å²) in [5.74, 6) is 0. The zero-order valence-corrected chi connectivity index (χ0v) is 13.3.